The summed E-state index contributed by atoms with van der Waals surface area (Å²) < 4.78 is 38.4. The highest BCUT2D eigenvalue weighted by atomic mass is 19.2. The number of amides is 1. The van der Waals surface area contributed by atoms with Crippen LogP contribution in [0.1, 0.15) is 20.3 Å². The molecule has 1 N–H and O–H groups in total. The second-order valence-electron chi connectivity index (χ2n) is 3.74. The molecule has 0 spiro atoms. The number of rotatable bonds is 3. The molecule has 0 saturated heterocycles. The van der Waals surface area contributed by atoms with Crippen LogP contribution in [0, 0.1) is 23.6 Å². The summed E-state index contributed by atoms with van der Waals surface area (Å²) in [7, 11) is 0. The second-order valence-corrected chi connectivity index (χ2v) is 3.74. The lowest BCUT2D eigenvalue weighted by molar-refractivity contribution is -0.116. The fourth-order valence-corrected chi connectivity index (χ4v) is 1.13. The molecule has 0 atom stereocenters. The van der Waals surface area contributed by atoms with E-state index < -0.39 is 29.3 Å². The SMILES string of the molecule is CC(C)CC(=O)Nc1cc(F)nc(F)c1F. The summed E-state index contributed by atoms with van der Waals surface area (Å²) in [5, 5.41) is 2.09. The number of aromatic nitrogens is 1. The highest BCUT2D eigenvalue weighted by molar-refractivity contribution is 5.90. The Hall–Kier alpha value is -1.59. The zero-order chi connectivity index (χ0) is 12.3. The third-order valence-electron chi connectivity index (χ3n) is 1.75. The Morgan fingerprint density at radius 1 is 1.44 bits per heavy atom. The molecule has 1 aromatic rings. The molecular weight excluding hydrogens is 221 g/mol. The minimum absolute atomic E-state index is 0.0691. The fourth-order valence-electron chi connectivity index (χ4n) is 1.13. The lowest BCUT2D eigenvalue weighted by Gasteiger charge is -2.08. The van der Waals surface area contributed by atoms with Gasteiger partial charge < -0.3 is 5.32 Å². The first-order chi connectivity index (χ1) is 7.40. The molecule has 16 heavy (non-hydrogen) atoms. The van der Waals surface area contributed by atoms with Gasteiger partial charge in [0.15, 0.2) is 0 Å². The fraction of sp³-hybridized carbons (Fsp3) is 0.400. The number of hydrogen-bond donors (Lipinski definition) is 1. The first kappa shape index (κ1) is 12.5. The Bertz CT molecular complexity index is 407. The molecule has 0 radical (unpaired) electrons. The van der Waals surface area contributed by atoms with Gasteiger partial charge in [-0.05, 0) is 5.92 Å². The minimum atomic E-state index is -1.57. The Balaban J connectivity index is 2.85. The molecule has 0 aliphatic carbocycles. The van der Waals surface area contributed by atoms with Crippen LogP contribution in [0.25, 0.3) is 0 Å². The average Bonchev–Trinajstić information content (AvgIpc) is 2.11. The maximum absolute atomic E-state index is 13.1. The Labute approximate surface area is 90.7 Å². The monoisotopic (exact) mass is 232 g/mol. The molecule has 0 unspecified atom stereocenters. The Morgan fingerprint density at radius 3 is 2.62 bits per heavy atom. The summed E-state index contributed by atoms with van der Waals surface area (Å²) in [5.41, 5.74) is -0.532. The maximum atomic E-state index is 13.1. The number of hydrogen-bond acceptors (Lipinski definition) is 2. The molecule has 1 heterocycles. The first-order valence-electron chi connectivity index (χ1n) is 4.71. The molecule has 1 aromatic heterocycles. The zero-order valence-electron chi connectivity index (χ0n) is 8.85. The van der Waals surface area contributed by atoms with E-state index in [4.69, 9.17) is 0 Å². The molecule has 0 aliphatic heterocycles. The van der Waals surface area contributed by atoms with Gasteiger partial charge in [0.2, 0.25) is 17.7 Å². The van der Waals surface area contributed by atoms with Crippen molar-refractivity contribution < 1.29 is 18.0 Å². The van der Waals surface area contributed by atoms with Gasteiger partial charge in [0, 0.05) is 12.5 Å². The lowest BCUT2D eigenvalue weighted by Crippen LogP contribution is -2.16. The number of carbonyl (C=O) groups is 1. The minimum Gasteiger partial charge on any atom is -0.323 e. The van der Waals surface area contributed by atoms with Crippen LogP contribution in [0.3, 0.4) is 0 Å². The third kappa shape index (κ3) is 3.22. The molecule has 0 saturated carbocycles. The number of nitrogens with one attached hydrogen (secondary N) is 1. The predicted octanol–water partition coefficient (Wildman–Crippen LogP) is 2.48. The molecule has 6 heteroatoms. The molecule has 0 aromatic carbocycles. The van der Waals surface area contributed by atoms with Gasteiger partial charge in [0.05, 0.1) is 5.69 Å². The van der Waals surface area contributed by atoms with Crippen LogP contribution in [0.2, 0.25) is 0 Å². The van der Waals surface area contributed by atoms with Gasteiger partial charge in [-0.2, -0.15) is 18.2 Å². The van der Waals surface area contributed by atoms with E-state index in [0.717, 1.165) is 0 Å². The van der Waals surface area contributed by atoms with E-state index in [-0.39, 0.29) is 12.3 Å². The standard InChI is InChI=1S/C10H11F3N2O/c1-5(2)3-8(16)14-6-4-7(11)15-10(13)9(6)12/h4-5H,3H2,1-2H3,(H,14,15,16). The summed E-state index contributed by atoms with van der Waals surface area (Å²) in [5.74, 6) is -4.55. The summed E-state index contributed by atoms with van der Waals surface area (Å²) in [4.78, 5) is 13.9. The predicted molar refractivity (Wildman–Crippen MR) is 52.2 cm³/mol. The van der Waals surface area contributed by atoms with E-state index >= 15 is 0 Å². The van der Waals surface area contributed by atoms with Crippen LogP contribution >= 0.6 is 0 Å². The molecule has 0 bridgehead atoms. The van der Waals surface area contributed by atoms with Gasteiger partial charge in [-0.15, -0.1) is 0 Å². The van der Waals surface area contributed by atoms with Crippen LogP contribution in [0.5, 0.6) is 0 Å². The quantitative estimate of drug-likeness (QED) is 0.813. The largest absolute Gasteiger partial charge is 0.323 e. The second kappa shape index (κ2) is 4.96. The van der Waals surface area contributed by atoms with Crippen molar-refractivity contribution in [3.8, 4) is 0 Å². The average molecular weight is 232 g/mol. The first-order valence-corrected chi connectivity index (χ1v) is 4.71. The van der Waals surface area contributed by atoms with Crippen LogP contribution in [-0.2, 0) is 4.79 Å². The van der Waals surface area contributed by atoms with E-state index in [1.54, 1.807) is 13.8 Å². The highest BCUT2D eigenvalue weighted by Crippen LogP contribution is 2.17. The molecule has 0 aliphatic rings. The van der Waals surface area contributed by atoms with Crippen molar-refractivity contribution >= 4 is 11.6 Å². The molecule has 88 valence electrons. The number of nitrogens with zero attached hydrogens (tertiary/aromatic N) is 1. The van der Waals surface area contributed by atoms with Crippen LogP contribution in [0.15, 0.2) is 6.07 Å². The Kier molecular flexibility index (Phi) is 3.87. The number of anilines is 1. The van der Waals surface area contributed by atoms with Crippen LogP contribution < -0.4 is 5.32 Å². The molecule has 1 rings (SSSR count). The smallest absolute Gasteiger partial charge is 0.253 e. The van der Waals surface area contributed by atoms with Crippen molar-refractivity contribution in [1.82, 2.24) is 4.98 Å². The highest BCUT2D eigenvalue weighted by Gasteiger charge is 2.15. The summed E-state index contributed by atoms with van der Waals surface area (Å²) in [6, 6.07) is 0.636. The van der Waals surface area contributed by atoms with Crippen molar-refractivity contribution in [2.24, 2.45) is 5.92 Å². The molecule has 0 fully saturated rings. The van der Waals surface area contributed by atoms with Crippen molar-refractivity contribution in [2.45, 2.75) is 20.3 Å². The number of carbonyl (C=O) groups excluding carboxylic acids is 1. The van der Waals surface area contributed by atoms with Gasteiger partial charge in [0.25, 0.3) is 5.95 Å². The lowest BCUT2D eigenvalue weighted by atomic mass is 10.1. The van der Waals surface area contributed by atoms with E-state index in [1.165, 1.54) is 0 Å². The van der Waals surface area contributed by atoms with E-state index in [1.807, 2.05) is 0 Å². The molecule has 1 amide bonds. The van der Waals surface area contributed by atoms with E-state index in [2.05, 4.69) is 10.3 Å². The van der Waals surface area contributed by atoms with E-state index in [0.29, 0.717) is 6.07 Å². The van der Waals surface area contributed by atoms with E-state index in [9.17, 15) is 18.0 Å². The van der Waals surface area contributed by atoms with Gasteiger partial charge in [-0.25, -0.2) is 0 Å². The van der Waals surface area contributed by atoms with Crippen LogP contribution in [0.4, 0.5) is 18.9 Å². The molecular formula is C10H11F3N2O. The van der Waals surface area contributed by atoms with Gasteiger partial charge >= 0.3 is 0 Å². The summed E-state index contributed by atoms with van der Waals surface area (Å²) in [6.07, 6.45) is 0.144. The van der Waals surface area contributed by atoms with Crippen molar-refractivity contribution in [2.75, 3.05) is 5.32 Å². The van der Waals surface area contributed by atoms with Gasteiger partial charge in [-0.1, -0.05) is 13.8 Å². The van der Waals surface area contributed by atoms with Crippen molar-refractivity contribution in [3.63, 3.8) is 0 Å². The normalized spacial score (nSPS) is 10.6. The molecule has 3 nitrogen and oxygen atoms in total. The van der Waals surface area contributed by atoms with Gasteiger partial charge in [-0.3, -0.25) is 4.79 Å². The third-order valence-corrected chi connectivity index (χ3v) is 1.75. The zero-order valence-corrected chi connectivity index (χ0v) is 8.85. The maximum Gasteiger partial charge on any atom is 0.253 e. The van der Waals surface area contributed by atoms with Gasteiger partial charge in [0.1, 0.15) is 0 Å². The summed E-state index contributed by atoms with van der Waals surface area (Å²) in [6.45, 7) is 3.59. The van der Waals surface area contributed by atoms with Crippen molar-refractivity contribution in [3.05, 3.63) is 23.8 Å². The number of halogens is 3. The topological polar surface area (TPSA) is 42.0 Å². The summed E-state index contributed by atoms with van der Waals surface area (Å²) >= 11 is 0. The van der Waals surface area contributed by atoms with Crippen LogP contribution in [-0.4, -0.2) is 10.9 Å². The number of pyridine rings is 1. The Morgan fingerprint density at radius 2 is 2.06 bits per heavy atom. The van der Waals surface area contributed by atoms with Crippen molar-refractivity contribution in [1.29, 1.82) is 0 Å².